The first-order valence-corrected chi connectivity index (χ1v) is 5.70. The molecule has 0 bridgehead atoms. The Labute approximate surface area is 108 Å². The molecule has 1 aromatic carbocycles. The number of hydrogen-bond donors (Lipinski definition) is 1. The fraction of sp³-hybridized carbons (Fsp3) is 0.231. The quantitative estimate of drug-likeness (QED) is 0.859. The Morgan fingerprint density at radius 1 is 1.37 bits per heavy atom. The molecule has 0 saturated carbocycles. The summed E-state index contributed by atoms with van der Waals surface area (Å²) in [4.78, 5) is 22.6. The number of hydrogen-bond acceptors (Lipinski definition) is 3. The highest BCUT2D eigenvalue weighted by Crippen LogP contribution is 2.21. The first kappa shape index (κ1) is 13.1. The Hall–Kier alpha value is -2.37. The number of carboxylic acids is 1. The van der Waals surface area contributed by atoms with Gasteiger partial charge < -0.3 is 14.4 Å². The first-order chi connectivity index (χ1) is 9.02. The van der Waals surface area contributed by atoms with Crippen molar-refractivity contribution >= 4 is 22.8 Å². The van der Waals surface area contributed by atoms with Gasteiger partial charge in [0.15, 0.2) is 0 Å². The van der Waals surface area contributed by atoms with Crippen LogP contribution >= 0.6 is 0 Å². The van der Waals surface area contributed by atoms with E-state index in [0.717, 1.165) is 0 Å². The third kappa shape index (κ3) is 2.57. The van der Waals surface area contributed by atoms with Gasteiger partial charge in [-0.25, -0.2) is 9.18 Å². The van der Waals surface area contributed by atoms with Gasteiger partial charge in [0.1, 0.15) is 18.1 Å². The van der Waals surface area contributed by atoms with Crippen LogP contribution in [0.15, 0.2) is 24.3 Å². The first-order valence-electron chi connectivity index (χ1n) is 5.70. The summed E-state index contributed by atoms with van der Waals surface area (Å²) in [5, 5.41) is 9.54. The zero-order chi connectivity index (χ0) is 14.0. The molecular weight excluding hydrogens is 253 g/mol. The third-order valence-electron chi connectivity index (χ3n) is 2.68. The number of aromatic nitrogens is 1. The normalized spacial score (nSPS) is 10.6. The summed E-state index contributed by atoms with van der Waals surface area (Å²) < 4.78 is 19.2. The number of carbonyl (C=O) groups is 2. The maximum atomic E-state index is 13.1. The van der Waals surface area contributed by atoms with E-state index in [-0.39, 0.29) is 18.8 Å². The Bertz CT molecular complexity index is 647. The number of benzene rings is 1. The zero-order valence-corrected chi connectivity index (χ0v) is 10.2. The molecule has 0 amide bonds. The largest absolute Gasteiger partial charge is 0.477 e. The van der Waals surface area contributed by atoms with Gasteiger partial charge in [0.2, 0.25) is 0 Å². The fourth-order valence-corrected chi connectivity index (χ4v) is 1.93. The molecule has 0 aliphatic carbocycles. The monoisotopic (exact) mass is 265 g/mol. The molecule has 0 spiro atoms. The molecule has 5 nitrogen and oxygen atoms in total. The van der Waals surface area contributed by atoms with Crippen molar-refractivity contribution in [1.29, 1.82) is 0 Å². The summed E-state index contributed by atoms with van der Waals surface area (Å²) in [6.07, 6.45) is 0. The Morgan fingerprint density at radius 3 is 2.74 bits per heavy atom. The van der Waals surface area contributed by atoms with E-state index in [4.69, 9.17) is 9.84 Å². The summed E-state index contributed by atoms with van der Waals surface area (Å²) in [5.74, 6) is -2.18. The van der Waals surface area contributed by atoms with Crippen molar-refractivity contribution in [3.63, 3.8) is 0 Å². The molecular formula is C13H12FNO4. The number of ether oxygens (including phenoxy) is 1. The average Bonchev–Trinajstić information content (AvgIpc) is 2.67. The van der Waals surface area contributed by atoms with Gasteiger partial charge in [-0.3, -0.25) is 4.79 Å². The van der Waals surface area contributed by atoms with E-state index in [1.54, 1.807) is 6.92 Å². The summed E-state index contributed by atoms with van der Waals surface area (Å²) >= 11 is 0. The van der Waals surface area contributed by atoms with Gasteiger partial charge in [0.25, 0.3) is 0 Å². The number of rotatable bonds is 4. The zero-order valence-electron chi connectivity index (χ0n) is 10.2. The smallest absolute Gasteiger partial charge is 0.352 e. The van der Waals surface area contributed by atoms with Crippen molar-refractivity contribution in [1.82, 2.24) is 4.57 Å². The minimum Gasteiger partial charge on any atom is -0.477 e. The highest BCUT2D eigenvalue weighted by molar-refractivity contribution is 5.95. The van der Waals surface area contributed by atoms with E-state index in [9.17, 15) is 14.0 Å². The van der Waals surface area contributed by atoms with Crippen molar-refractivity contribution in [2.45, 2.75) is 13.5 Å². The lowest BCUT2D eigenvalue weighted by Gasteiger charge is -2.07. The van der Waals surface area contributed by atoms with Crippen LogP contribution in [-0.4, -0.2) is 28.2 Å². The number of fused-ring (bicyclic) bond motifs is 1. The Balaban J connectivity index is 2.52. The van der Waals surface area contributed by atoms with Gasteiger partial charge >= 0.3 is 11.9 Å². The summed E-state index contributed by atoms with van der Waals surface area (Å²) in [6.45, 7) is 1.67. The number of nitrogens with zero attached hydrogens (tertiary/aromatic N) is 1. The second-order valence-electron chi connectivity index (χ2n) is 3.93. The molecule has 2 rings (SSSR count). The number of carboxylic acid groups (broad SMARTS) is 1. The topological polar surface area (TPSA) is 68.5 Å². The molecule has 1 N–H and O–H groups in total. The van der Waals surface area contributed by atoms with Crippen LogP contribution < -0.4 is 0 Å². The molecule has 0 unspecified atom stereocenters. The highest BCUT2D eigenvalue weighted by Gasteiger charge is 2.17. The molecule has 100 valence electrons. The molecule has 1 heterocycles. The molecule has 1 aromatic heterocycles. The lowest BCUT2D eigenvalue weighted by atomic mass is 10.2. The van der Waals surface area contributed by atoms with E-state index in [2.05, 4.69) is 0 Å². The standard InChI is InChI=1S/C13H12FNO4/c1-2-19-12(16)7-15-10-4-3-9(14)5-8(10)6-11(15)13(17)18/h3-6H,2,7H2,1H3,(H,17,18). The summed E-state index contributed by atoms with van der Waals surface area (Å²) in [5.41, 5.74) is 0.403. The van der Waals surface area contributed by atoms with Gasteiger partial charge in [-0.05, 0) is 31.2 Å². The van der Waals surface area contributed by atoms with E-state index < -0.39 is 17.8 Å². The molecule has 19 heavy (non-hydrogen) atoms. The molecule has 2 aromatic rings. The lowest BCUT2D eigenvalue weighted by Crippen LogP contribution is -2.17. The van der Waals surface area contributed by atoms with Crippen molar-refractivity contribution < 1.29 is 23.8 Å². The average molecular weight is 265 g/mol. The second kappa shape index (κ2) is 5.09. The van der Waals surface area contributed by atoms with Crippen LogP contribution in [0.25, 0.3) is 10.9 Å². The van der Waals surface area contributed by atoms with Crippen LogP contribution in [0.5, 0.6) is 0 Å². The van der Waals surface area contributed by atoms with Crippen LogP contribution in [0.4, 0.5) is 4.39 Å². The molecule has 0 aliphatic heterocycles. The predicted octanol–water partition coefficient (Wildman–Crippen LogP) is 2.04. The minimum atomic E-state index is -1.18. The van der Waals surface area contributed by atoms with Crippen LogP contribution in [0.1, 0.15) is 17.4 Å². The van der Waals surface area contributed by atoms with Crippen molar-refractivity contribution in [2.24, 2.45) is 0 Å². The van der Waals surface area contributed by atoms with Crippen molar-refractivity contribution in [3.05, 3.63) is 35.8 Å². The number of halogens is 1. The van der Waals surface area contributed by atoms with Crippen molar-refractivity contribution in [2.75, 3.05) is 6.61 Å². The van der Waals surface area contributed by atoms with Crippen LogP contribution in [0.3, 0.4) is 0 Å². The summed E-state index contributed by atoms with van der Waals surface area (Å²) in [6, 6.07) is 5.22. The molecule has 0 saturated heterocycles. The van der Waals surface area contributed by atoms with E-state index in [1.165, 1.54) is 28.8 Å². The maximum absolute atomic E-state index is 13.1. The number of aromatic carboxylic acids is 1. The van der Waals surface area contributed by atoms with E-state index in [1.807, 2.05) is 0 Å². The maximum Gasteiger partial charge on any atom is 0.352 e. The van der Waals surface area contributed by atoms with Crippen LogP contribution in [0.2, 0.25) is 0 Å². The van der Waals surface area contributed by atoms with E-state index in [0.29, 0.717) is 10.9 Å². The highest BCUT2D eigenvalue weighted by atomic mass is 19.1. The van der Waals surface area contributed by atoms with Crippen molar-refractivity contribution in [3.8, 4) is 0 Å². The van der Waals surface area contributed by atoms with Gasteiger partial charge in [0, 0.05) is 10.9 Å². The predicted molar refractivity (Wildman–Crippen MR) is 65.5 cm³/mol. The van der Waals surface area contributed by atoms with Gasteiger partial charge in [-0.15, -0.1) is 0 Å². The van der Waals surface area contributed by atoms with Crippen LogP contribution in [-0.2, 0) is 16.1 Å². The number of esters is 1. The molecule has 0 atom stereocenters. The molecule has 6 heteroatoms. The minimum absolute atomic E-state index is 0.0753. The summed E-state index contributed by atoms with van der Waals surface area (Å²) in [7, 11) is 0. The Morgan fingerprint density at radius 2 is 2.11 bits per heavy atom. The molecule has 0 radical (unpaired) electrons. The molecule has 0 fully saturated rings. The van der Waals surface area contributed by atoms with Gasteiger partial charge in [-0.1, -0.05) is 0 Å². The van der Waals surface area contributed by atoms with Gasteiger partial charge in [-0.2, -0.15) is 0 Å². The molecule has 0 aliphatic rings. The van der Waals surface area contributed by atoms with E-state index >= 15 is 0 Å². The van der Waals surface area contributed by atoms with Gasteiger partial charge in [0.05, 0.1) is 6.61 Å². The Kier molecular flexibility index (Phi) is 3.50. The second-order valence-corrected chi connectivity index (χ2v) is 3.93. The number of carbonyl (C=O) groups excluding carboxylic acids is 1. The fourth-order valence-electron chi connectivity index (χ4n) is 1.93. The van der Waals surface area contributed by atoms with Crippen LogP contribution in [0, 0.1) is 5.82 Å². The lowest BCUT2D eigenvalue weighted by molar-refractivity contribution is -0.143. The third-order valence-corrected chi connectivity index (χ3v) is 2.68. The SMILES string of the molecule is CCOC(=O)Cn1c(C(=O)O)cc2cc(F)ccc21.